The van der Waals surface area contributed by atoms with Crippen molar-refractivity contribution in [3.05, 3.63) is 58.1 Å². The van der Waals surface area contributed by atoms with Gasteiger partial charge in [-0.25, -0.2) is 0 Å². The summed E-state index contributed by atoms with van der Waals surface area (Å²) in [6.07, 6.45) is 4.31. The number of carbonyl (C=O) groups is 3. The fraction of sp³-hybridized carbons (Fsp3) is 0.423. The van der Waals surface area contributed by atoms with E-state index in [0.29, 0.717) is 36.4 Å². The maximum Gasteiger partial charge on any atom is 0.261 e. The van der Waals surface area contributed by atoms with Crippen molar-refractivity contribution in [3.63, 3.8) is 0 Å². The molecule has 170 valence electrons. The van der Waals surface area contributed by atoms with Gasteiger partial charge in [0.2, 0.25) is 0 Å². The molecule has 0 radical (unpaired) electrons. The Kier molecular flexibility index (Phi) is 4.34. The van der Waals surface area contributed by atoms with Crippen LogP contribution in [0.25, 0.3) is 0 Å². The van der Waals surface area contributed by atoms with Crippen LogP contribution < -0.4 is 9.47 Å². The predicted octanol–water partition coefficient (Wildman–Crippen LogP) is 3.71. The molecule has 33 heavy (non-hydrogen) atoms. The molecule has 1 unspecified atom stereocenters. The summed E-state index contributed by atoms with van der Waals surface area (Å²) in [5.74, 6) is 0.721. The van der Waals surface area contributed by atoms with E-state index in [1.165, 1.54) is 12.6 Å². The molecular weight excluding hydrogens is 420 g/mol. The van der Waals surface area contributed by atoms with Crippen LogP contribution in [0.4, 0.5) is 0 Å². The minimum atomic E-state index is -0.363. The molecule has 0 N–H and O–H groups in total. The Morgan fingerprint density at radius 2 is 1.64 bits per heavy atom. The molecule has 1 aliphatic carbocycles. The second kappa shape index (κ2) is 7.07. The van der Waals surface area contributed by atoms with Gasteiger partial charge in [0.15, 0.2) is 11.5 Å². The Bertz CT molecular complexity index is 1210. The highest BCUT2D eigenvalue weighted by molar-refractivity contribution is 6.21. The number of fused-ring (bicyclic) bond motifs is 4. The average Bonchev–Trinajstić information content (AvgIpc) is 3.40. The Hall–Kier alpha value is -3.35. The lowest BCUT2D eigenvalue weighted by Crippen LogP contribution is -2.48. The largest absolute Gasteiger partial charge is 0.486 e. The third kappa shape index (κ3) is 2.84. The molecule has 1 atom stereocenters. The van der Waals surface area contributed by atoms with Crippen molar-refractivity contribution in [3.8, 4) is 11.5 Å². The zero-order valence-electron chi connectivity index (χ0n) is 18.8. The zero-order chi connectivity index (χ0) is 22.9. The summed E-state index contributed by atoms with van der Waals surface area (Å²) in [4.78, 5) is 41.5. The molecule has 0 bridgehead atoms. The van der Waals surface area contributed by atoms with E-state index in [-0.39, 0.29) is 29.2 Å². The van der Waals surface area contributed by atoms with Crippen LogP contribution in [0, 0.1) is 0 Å². The molecule has 2 aromatic rings. The first-order valence-electron chi connectivity index (χ1n) is 11.6. The van der Waals surface area contributed by atoms with Crippen LogP contribution in [0.15, 0.2) is 30.3 Å². The summed E-state index contributed by atoms with van der Waals surface area (Å²) in [5, 5.41) is 0. The zero-order valence-corrected chi connectivity index (χ0v) is 18.8. The summed E-state index contributed by atoms with van der Waals surface area (Å²) in [6, 6.07) is 8.88. The minimum absolute atomic E-state index is 0.101. The van der Waals surface area contributed by atoms with Gasteiger partial charge in [-0.15, -0.1) is 0 Å². The number of imide groups is 1. The highest BCUT2D eigenvalue weighted by Crippen LogP contribution is 2.52. The van der Waals surface area contributed by atoms with Crippen LogP contribution >= 0.6 is 0 Å². The molecule has 2 aromatic carbocycles. The quantitative estimate of drug-likeness (QED) is 0.624. The fourth-order valence-corrected chi connectivity index (χ4v) is 6.01. The molecule has 0 aromatic heterocycles. The Morgan fingerprint density at radius 1 is 0.970 bits per heavy atom. The number of hydrogen-bond donors (Lipinski definition) is 0. The molecule has 1 saturated carbocycles. The maximum absolute atomic E-state index is 13.8. The van der Waals surface area contributed by atoms with Gasteiger partial charge in [0.25, 0.3) is 17.7 Å². The number of carbonyl (C=O) groups excluding carboxylic acids is 3. The molecule has 4 aliphatic rings. The lowest BCUT2D eigenvalue weighted by atomic mass is 9.71. The summed E-state index contributed by atoms with van der Waals surface area (Å²) >= 11 is 0. The van der Waals surface area contributed by atoms with E-state index in [1.807, 2.05) is 17.9 Å². The van der Waals surface area contributed by atoms with Gasteiger partial charge in [-0.05, 0) is 61.2 Å². The van der Waals surface area contributed by atoms with E-state index < -0.39 is 0 Å². The first-order valence-corrected chi connectivity index (χ1v) is 11.6. The number of nitrogens with zero attached hydrogens (tertiary/aromatic N) is 2. The topological polar surface area (TPSA) is 76.2 Å². The summed E-state index contributed by atoms with van der Waals surface area (Å²) in [6.45, 7) is 3.74. The summed E-state index contributed by atoms with van der Waals surface area (Å²) in [7, 11) is 1.46. The van der Waals surface area contributed by atoms with Gasteiger partial charge in [0.05, 0.1) is 17.2 Å². The molecule has 3 aliphatic heterocycles. The van der Waals surface area contributed by atoms with Gasteiger partial charge in [-0.3, -0.25) is 19.3 Å². The number of ether oxygens (including phenoxy) is 2. The van der Waals surface area contributed by atoms with Crippen molar-refractivity contribution in [2.75, 3.05) is 26.8 Å². The highest BCUT2D eigenvalue weighted by Gasteiger charge is 2.46. The van der Waals surface area contributed by atoms with Crippen LogP contribution in [-0.2, 0) is 5.41 Å². The first kappa shape index (κ1) is 20.3. The molecule has 6 rings (SSSR count). The van der Waals surface area contributed by atoms with E-state index in [4.69, 9.17) is 9.47 Å². The van der Waals surface area contributed by atoms with Gasteiger partial charge in [-0.2, -0.15) is 0 Å². The molecular formula is C26H26N2O5. The van der Waals surface area contributed by atoms with E-state index in [2.05, 4.69) is 6.07 Å². The second-order valence-corrected chi connectivity index (χ2v) is 9.61. The van der Waals surface area contributed by atoms with Crippen molar-refractivity contribution in [1.29, 1.82) is 0 Å². The van der Waals surface area contributed by atoms with Crippen LogP contribution in [0.2, 0.25) is 0 Å². The van der Waals surface area contributed by atoms with Crippen molar-refractivity contribution in [2.24, 2.45) is 0 Å². The van der Waals surface area contributed by atoms with Gasteiger partial charge in [0.1, 0.15) is 13.2 Å². The smallest absolute Gasteiger partial charge is 0.261 e. The predicted molar refractivity (Wildman–Crippen MR) is 120 cm³/mol. The Balaban J connectivity index is 1.41. The minimum Gasteiger partial charge on any atom is -0.486 e. The summed E-state index contributed by atoms with van der Waals surface area (Å²) < 4.78 is 11.7. The van der Waals surface area contributed by atoms with Gasteiger partial charge in [0, 0.05) is 24.6 Å². The molecule has 1 spiro atoms. The van der Waals surface area contributed by atoms with E-state index in [1.54, 1.807) is 18.2 Å². The monoisotopic (exact) mass is 446 g/mol. The first-order chi connectivity index (χ1) is 15.9. The van der Waals surface area contributed by atoms with Crippen molar-refractivity contribution < 1.29 is 23.9 Å². The maximum atomic E-state index is 13.8. The molecule has 3 heterocycles. The lowest BCUT2D eigenvalue weighted by Gasteiger charge is -2.46. The fourth-order valence-electron chi connectivity index (χ4n) is 6.01. The third-order valence-corrected chi connectivity index (χ3v) is 7.83. The van der Waals surface area contributed by atoms with Crippen LogP contribution in [0.1, 0.15) is 80.8 Å². The highest BCUT2D eigenvalue weighted by atomic mass is 16.6. The van der Waals surface area contributed by atoms with Crippen molar-refractivity contribution >= 4 is 17.7 Å². The molecule has 7 heteroatoms. The third-order valence-electron chi connectivity index (χ3n) is 7.83. The molecule has 3 amide bonds. The normalized spacial score (nSPS) is 22.5. The van der Waals surface area contributed by atoms with Crippen LogP contribution in [0.5, 0.6) is 11.5 Å². The molecule has 7 nitrogen and oxygen atoms in total. The number of amides is 3. The Morgan fingerprint density at radius 3 is 2.36 bits per heavy atom. The van der Waals surface area contributed by atoms with Crippen LogP contribution in [-0.4, -0.2) is 54.3 Å². The Labute approximate surface area is 192 Å². The van der Waals surface area contributed by atoms with Crippen LogP contribution in [0.3, 0.4) is 0 Å². The number of rotatable bonds is 1. The van der Waals surface area contributed by atoms with Gasteiger partial charge in [-0.1, -0.05) is 12.8 Å². The molecule has 0 saturated heterocycles. The number of benzene rings is 2. The second-order valence-electron chi connectivity index (χ2n) is 9.61. The molecule has 1 fully saturated rings. The van der Waals surface area contributed by atoms with E-state index in [9.17, 15) is 14.4 Å². The lowest BCUT2D eigenvalue weighted by molar-refractivity contribution is 0.0592. The van der Waals surface area contributed by atoms with Crippen molar-refractivity contribution in [1.82, 2.24) is 9.80 Å². The van der Waals surface area contributed by atoms with Crippen molar-refractivity contribution in [2.45, 2.75) is 44.1 Å². The standard InChI is InChI=1S/C26H26N2O5/c1-15-18-12-21-22(33-10-9-32-21)13-20(18)26(7-3-4-8-26)14-28(15)23(29)16-5-6-17-19(11-16)25(31)27(2)24(17)30/h5-6,11-13,15H,3-4,7-10,14H2,1-2H3. The summed E-state index contributed by atoms with van der Waals surface area (Å²) in [5.41, 5.74) is 3.37. The van der Waals surface area contributed by atoms with Gasteiger partial charge < -0.3 is 14.4 Å². The number of hydrogen-bond acceptors (Lipinski definition) is 5. The van der Waals surface area contributed by atoms with E-state index >= 15 is 0 Å². The van der Waals surface area contributed by atoms with E-state index in [0.717, 1.165) is 47.6 Å². The van der Waals surface area contributed by atoms with Gasteiger partial charge >= 0.3 is 0 Å². The average molecular weight is 447 g/mol. The SMILES string of the molecule is CC1c2cc3c(cc2C2(CCCC2)CN1C(=O)c1ccc2c(c1)C(=O)N(C)C2=O)OCCO3.